The third-order valence-electron chi connectivity index (χ3n) is 3.12. The van der Waals surface area contributed by atoms with Crippen LogP contribution < -0.4 is 15.8 Å². The number of aromatic nitrogens is 2. The summed E-state index contributed by atoms with van der Waals surface area (Å²) in [4.78, 5) is 18.7. The Kier molecular flexibility index (Phi) is 5.20. The number of amides is 1. The highest BCUT2D eigenvalue weighted by Gasteiger charge is 2.03. The van der Waals surface area contributed by atoms with E-state index in [4.69, 9.17) is 10.5 Å². The summed E-state index contributed by atoms with van der Waals surface area (Å²) < 4.78 is 5.08. The molecular weight excluding hydrogens is 268 g/mol. The Morgan fingerprint density at radius 1 is 1.38 bits per heavy atom. The summed E-state index contributed by atoms with van der Waals surface area (Å²) in [6.07, 6.45) is 3.75. The Labute approximate surface area is 123 Å². The predicted molar refractivity (Wildman–Crippen MR) is 81.0 cm³/mol. The van der Waals surface area contributed by atoms with Crippen LogP contribution in [-0.2, 0) is 17.6 Å². The maximum atomic E-state index is 11.8. The van der Waals surface area contributed by atoms with Gasteiger partial charge in [-0.25, -0.2) is 4.98 Å². The molecule has 0 radical (unpaired) electrons. The first-order valence-electron chi connectivity index (χ1n) is 6.86. The number of benzene rings is 1. The van der Waals surface area contributed by atoms with Crippen molar-refractivity contribution in [3.05, 3.63) is 41.7 Å². The smallest absolute Gasteiger partial charge is 0.224 e. The molecule has 6 nitrogen and oxygen atoms in total. The van der Waals surface area contributed by atoms with Gasteiger partial charge in [0, 0.05) is 12.2 Å². The molecule has 6 heteroatoms. The topological polar surface area (TPSA) is 93.0 Å². The highest BCUT2D eigenvalue weighted by atomic mass is 16.5. The maximum Gasteiger partial charge on any atom is 0.224 e. The number of rotatable bonds is 7. The largest absolute Gasteiger partial charge is 0.497 e. The fourth-order valence-electron chi connectivity index (χ4n) is 2.00. The number of carbonyl (C=O) groups is 1. The summed E-state index contributed by atoms with van der Waals surface area (Å²) in [7, 11) is 1.62. The van der Waals surface area contributed by atoms with Crippen molar-refractivity contribution in [1.29, 1.82) is 0 Å². The Morgan fingerprint density at radius 3 is 2.76 bits per heavy atom. The molecule has 112 valence electrons. The van der Waals surface area contributed by atoms with Gasteiger partial charge in [-0.1, -0.05) is 12.1 Å². The molecule has 0 aliphatic heterocycles. The summed E-state index contributed by atoms with van der Waals surface area (Å²) >= 11 is 0. The number of carbonyl (C=O) groups excluding carboxylic acids is 1. The van der Waals surface area contributed by atoms with Gasteiger partial charge in [0.2, 0.25) is 5.91 Å². The van der Waals surface area contributed by atoms with Crippen LogP contribution in [0, 0.1) is 0 Å². The van der Waals surface area contributed by atoms with Gasteiger partial charge in [-0.2, -0.15) is 0 Å². The zero-order valence-electron chi connectivity index (χ0n) is 12.1. The molecule has 0 fully saturated rings. The molecule has 0 unspecified atom stereocenters. The van der Waals surface area contributed by atoms with Gasteiger partial charge < -0.3 is 20.8 Å². The van der Waals surface area contributed by atoms with Crippen LogP contribution in [0.15, 0.2) is 30.5 Å². The van der Waals surface area contributed by atoms with Crippen molar-refractivity contribution in [1.82, 2.24) is 15.3 Å². The summed E-state index contributed by atoms with van der Waals surface area (Å²) in [6.45, 7) is 0.633. The quantitative estimate of drug-likeness (QED) is 0.669. The number of imidazole rings is 1. The first-order valence-corrected chi connectivity index (χ1v) is 6.86. The van der Waals surface area contributed by atoms with Crippen LogP contribution in [0.25, 0.3) is 0 Å². The molecule has 2 rings (SSSR count). The number of nitrogens with zero attached hydrogens (tertiary/aromatic N) is 1. The van der Waals surface area contributed by atoms with E-state index >= 15 is 0 Å². The van der Waals surface area contributed by atoms with Gasteiger partial charge in [0.05, 0.1) is 19.7 Å². The van der Waals surface area contributed by atoms with E-state index in [1.54, 1.807) is 13.3 Å². The minimum Gasteiger partial charge on any atom is -0.497 e. The standard InChI is InChI=1S/C15H20N4O2/c1-21-13-6-4-11(5-7-13)9-14(20)17-8-2-3-12-10-18-15(16)19-12/h4-7,10H,2-3,8-9H2,1H3,(H,17,20)(H3,16,18,19). The average molecular weight is 288 g/mol. The normalized spacial score (nSPS) is 10.3. The minimum absolute atomic E-state index is 0.0179. The number of H-pyrrole nitrogens is 1. The molecule has 0 aliphatic carbocycles. The number of nitrogens with two attached hydrogens (primary N) is 1. The molecule has 0 atom stereocenters. The van der Waals surface area contributed by atoms with Crippen molar-refractivity contribution in [3.8, 4) is 5.75 Å². The van der Waals surface area contributed by atoms with E-state index in [-0.39, 0.29) is 5.91 Å². The molecule has 0 saturated carbocycles. The monoisotopic (exact) mass is 288 g/mol. The van der Waals surface area contributed by atoms with Gasteiger partial charge in [0.25, 0.3) is 0 Å². The van der Waals surface area contributed by atoms with Gasteiger partial charge in [-0.05, 0) is 30.5 Å². The van der Waals surface area contributed by atoms with E-state index in [0.29, 0.717) is 18.9 Å². The van der Waals surface area contributed by atoms with E-state index in [9.17, 15) is 4.79 Å². The Balaban J connectivity index is 1.67. The first-order chi connectivity index (χ1) is 10.2. The number of aromatic amines is 1. The summed E-state index contributed by atoms with van der Waals surface area (Å²) in [5.74, 6) is 1.23. The van der Waals surface area contributed by atoms with Crippen LogP contribution in [0.1, 0.15) is 17.7 Å². The number of anilines is 1. The first kappa shape index (κ1) is 14.9. The maximum absolute atomic E-state index is 11.8. The third-order valence-corrected chi connectivity index (χ3v) is 3.12. The van der Waals surface area contributed by atoms with Gasteiger partial charge >= 0.3 is 0 Å². The van der Waals surface area contributed by atoms with Crippen LogP contribution in [-0.4, -0.2) is 29.5 Å². The molecule has 1 aromatic heterocycles. The van der Waals surface area contributed by atoms with Crippen molar-refractivity contribution in [2.75, 3.05) is 19.4 Å². The molecule has 2 aromatic rings. The molecule has 1 heterocycles. The molecule has 0 aliphatic rings. The van der Waals surface area contributed by atoms with Crippen molar-refractivity contribution >= 4 is 11.9 Å². The molecule has 1 aromatic carbocycles. The number of nitrogens with one attached hydrogen (secondary N) is 2. The van der Waals surface area contributed by atoms with E-state index < -0.39 is 0 Å². The number of aryl methyl sites for hydroxylation is 1. The van der Waals surface area contributed by atoms with Gasteiger partial charge in [0.1, 0.15) is 5.75 Å². The minimum atomic E-state index is 0.0179. The lowest BCUT2D eigenvalue weighted by Crippen LogP contribution is -2.26. The van der Waals surface area contributed by atoms with Crippen molar-refractivity contribution in [2.24, 2.45) is 0 Å². The Bertz CT molecular complexity index is 578. The fourth-order valence-corrected chi connectivity index (χ4v) is 2.00. The molecule has 0 spiro atoms. The second kappa shape index (κ2) is 7.33. The second-order valence-electron chi connectivity index (χ2n) is 4.77. The van der Waals surface area contributed by atoms with Crippen LogP contribution >= 0.6 is 0 Å². The fraction of sp³-hybridized carbons (Fsp3) is 0.333. The van der Waals surface area contributed by atoms with Crippen molar-refractivity contribution in [2.45, 2.75) is 19.3 Å². The number of hydrogen-bond acceptors (Lipinski definition) is 4. The molecule has 0 saturated heterocycles. The molecule has 0 bridgehead atoms. The molecule has 4 N–H and O–H groups in total. The van der Waals surface area contributed by atoms with Gasteiger partial charge in [-0.3, -0.25) is 4.79 Å². The molecule has 1 amide bonds. The highest BCUT2D eigenvalue weighted by molar-refractivity contribution is 5.78. The van der Waals surface area contributed by atoms with Crippen LogP contribution in [0.2, 0.25) is 0 Å². The van der Waals surface area contributed by atoms with Gasteiger partial charge in [-0.15, -0.1) is 0 Å². The zero-order chi connectivity index (χ0) is 15.1. The lowest BCUT2D eigenvalue weighted by atomic mass is 10.1. The van der Waals surface area contributed by atoms with Crippen molar-refractivity contribution in [3.63, 3.8) is 0 Å². The predicted octanol–water partition coefficient (Wildman–Crippen LogP) is 1.29. The Morgan fingerprint density at radius 2 is 2.14 bits per heavy atom. The van der Waals surface area contributed by atoms with Crippen molar-refractivity contribution < 1.29 is 9.53 Å². The Hall–Kier alpha value is -2.50. The van der Waals surface area contributed by atoms with E-state index in [1.807, 2.05) is 24.3 Å². The lowest BCUT2D eigenvalue weighted by molar-refractivity contribution is -0.120. The summed E-state index contributed by atoms with van der Waals surface area (Å²) in [5, 5.41) is 2.90. The number of nitrogen functional groups attached to an aromatic ring is 1. The molecular formula is C15H20N4O2. The second-order valence-corrected chi connectivity index (χ2v) is 4.77. The third kappa shape index (κ3) is 4.83. The van der Waals surface area contributed by atoms with Crippen LogP contribution in [0.5, 0.6) is 5.75 Å². The lowest BCUT2D eigenvalue weighted by Gasteiger charge is -2.05. The van der Waals surface area contributed by atoms with E-state index in [0.717, 1.165) is 29.8 Å². The zero-order valence-corrected chi connectivity index (χ0v) is 12.1. The van der Waals surface area contributed by atoms with E-state index in [1.165, 1.54) is 0 Å². The average Bonchev–Trinajstić information content (AvgIpc) is 2.90. The van der Waals surface area contributed by atoms with Crippen LogP contribution in [0.4, 0.5) is 5.95 Å². The SMILES string of the molecule is COc1ccc(CC(=O)NCCCc2cnc(N)[nH]2)cc1. The highest BCUT2D eigenvalue weighted by Crippen LogP contribution is 2.11. The molecule has 21 heavy (non-hydrogen) atoms. The van der Waals surface area contributed by atoms with Crippen LogP contribution in [0.3, 0.4) is 0 Å². The number of ether oxygens (including phenoxy) is 1. The number of methoxy groups -OCH3 is 1. The summed E-state index contributed by atoms with van der Waals surface area (Å²) in [6, 6.07) is 7.49. The van der Waals surface area contributed by atoms with E-state index in [2.05, 4.69) is 15.3 Å². The summed E-state index contributed by atoms with van der Waals surface area (Å²) in [5.41, 5.74) is 7.44. The number of hydrogen-bond donors (Lipinski definition) is 3. The van der Waals surface area contributed by atoms with Gasteiger partial charge in [0.15, 0.2) is 5.95 Å².